The number of aromatic nitrogens is 2. The second-order valence-corrected chi connectivity index (χ2v) is 5.35. The van der Waals surface area contributed by atoms with Crippen LogP contribution in [0.3, 0.4) is 0 Å². The van der Waals surface area contributed by atoms with Crippen LogP contribution in [0, 0.1) is 6.92 Å². The topological polar surface area (TPSA) is 55.2 Å². The SMILES string of the molecule is Cc1cc(O)cc(Oc2ccnc3cc(Br)cnc23)c1. The Hall–Kier alpha value is -2.14. The first-order valence-corrected chi connectivity index (χ1v) is 6.80. The van der Waals surface area contributed by atoms with Crippen LogP contribution >= 0.6 is 15.9 Å². The Morgan fingerprint density at radius 2 is 2.00 bits per heavy atom. The van der Waals surface area contributed by atoms with Crippen molar-refractivity contribution in [3.63, 3.8) is 0 Å². The molecule has 100 valence electrons. The molecule has 3 aromatic rings. The summed E-state index contributed by atoms with van der Waals surface area (Å²) < 4.78 is 6.68. The van der Waals surface area contributed by atoms with Crippen LogP contribution < -0.4 is 4.74 Å². The summed E-state index contributed by atoms with van der Waals surface area (Å²) in [6.07, 6.45) is 3.37. The van der Waals surface area contributed by atoms with E-state index in [2.05, 4.69) is 25.9 Å². The van der Waals surface area contributed by atoms with E-state index in [0.29, 0.717) is 17.0 Å². The monoisotopic (exact) mass is 330 g/mol. The zero-order valence-corrected chi connectivity index (χ0v) is 12.3. The molecule has 0 aliphatic heterocycles. The Kier molecular flexibility index (Phi) is 3.28. The van der Waals surface area contributed by atoms with Crippen LogP contribution in [0.4, 0.5) is 0 Å². The van der Waals surface area contributed by atoms with Crippen LogP contribution in [0.2, 0.25) is 0 Å². The Morgan fingerprint density at radius 1 is 1.15 bits per heavy atom. The average Bonchev–Trinajstić information content (AvgIpc) is 2.37. The lowest BCUT2D eigenvalue weighted by atomic mass is 10.2. The van der Waals surface area contributed by atoms with E-state index in [9.17, 15) is 5.11 Å². The van der Waals surface area contributed by atoms with Gasteiger partial charge in [0.2, 0.25) is 0 Å². The van der Waals surface area contributed by atoms with Gasteiger partial charge in [-0.05, 0) is 46.6 Å². The molecule has 0 saturated heterocycles. The summed E-state index contributed by atoms with van der Waals surface area (Å²) in [5.74, 6) is 1.35. The van der Waals surface area contributed by atoms with Crippen LogP contribution in [0.1, 0.15) is 5.56 Å². The van der Waals surface area contributed by atoms with Gasteiger partial charge in [-0.3, -0.25) is 4.98 Å². The van der Waals surface area contributed by atoms with Crippen LogP contribution in [-0.2, 0) is 0 Å². The zero-order chi connectivity index (χ0) is 14.1. The number of aromatic hydroxyl groups is 1. The van der Waals surface area contributed by atoms with E-state index in [-0.39, 0.29) is 5.75 Å². The minimum absolute atomic E-state index is 0.175. The van der Waals surface area contributed by atoms with Crippen molar-refractivity contribution < 1.29 is 9.84 Å². The number of nitrogens with zero attached hydrogens (tertiary/aromatic N) is 2. The van der Waals surface area contributed by atoms with Crippen LogP contribution in [0.15, 0.2) is 47.2 Å². The number of benzene rings is 1. The molecule has 2 heterocycles. The van der Waals surface area contributed by atoms with Gasteiger partial charge < -0.3 is 9.84 Å². The number of phenols is 1. The Bertz CT molecular complexity index is 770. The van der Waals surface area contributed by atoms with Gasteiger partial charge in [0.15, 0.2) is 5.75 Å². The third-order valence-electron chi connectivity index (χ3n) is 2.77. The van der Waals surface area contributed by atoms with E-state index >= 15 is 0 Å². The van der Waals surface area contributed by atoms with Gasteiger partial charge in [-0.1, -0.05) is 0 Å². The number of ether oxygens (including phenoxy) is 1. The molecule has 0 radical (unpaired) electrons. The number of hydrogen-bond acceptors (Lipinski definition) is 4. The largest absolute Gasteiger partial charge is 0.508 e. The number of halogens is 1. The van der Waals surface area contributed by atoms with Crippen molar-refractivity contribution in [1.82, 2.24) is 9.97 Å². The third kappa shape index (κ3) is 2.58. The van der Waals surface area contributed by atoms with Gasteiger partial charge >= 0.3 is 0 Å². The fourth-order valence-electron chi connectivity index (χ4n) is 1.98. The smallest absolute Gasteiger partial charge is 0.156 e. The lowest BCUT2D eigenvalue weighted by Crippen LogP contribution is -1.90. The molecular weight excluding hydrogens is 320 g/mol. The zero-order valence-electron chi connectivity index (χ0n) is 10.7. The van der Waals surface area contributed by atoms with Gasteiger partial charge in [0, 0.05) is 29.0 Å². The van der Waals surface area contributed by atoms with Crippen molar-refractivity contribution >= 4 is 27.0 Å². The summed E-state index contributed by atoms with van der Waals surface area (Å²) in [6.45, 7) is 1.90. The molecule has 0 saturated carbocycles. The highest BCUT2D eigenvalue weighted by Gasteiger charge is 2.07. The molecule has 2 aromatic heterocycles. The lowest BCUT2D eigenvalue weighted by Gasteiger charge is -2.09. The first kappa shape index (κ1) is 12.9. The van der Waals surface area contributed by atoms with Crippen molar-refractivity contribution in [1.29, 1.82) is 0 Å². The quantitative estimate of drug-likeness (QED) is 0.765. The first-order valence-electron chi connectivity index (χ1n) is 6.00. The summed E-state index contributed by atoms with van der Waals surface area (Å²) in [4.78, 5) is 8.58. The molecule has 0 bridgehead atoms. The summed E-state index contributed by atoms with van der Waals surface area (Å²) in [5.41, 5.74) is 2.35. The minimum atomic E-state index is 0.175. The highest BCUT2D eigenvalue weighted by atomic mass is 79.9. The Labute approximate surface area is 124 Å². The van der Waals surface area contributed by atoms with Crippen LogP contribution in [-0.4, -0.2) is 15.1 Å². The van der Waals surface area contributed by atoms with Crippen molar-refractivity contribution in [3.8, 4) is 17.2 Å². The van der Waals surface area contributed by atoms with Crippen molar-refractivity contribution in [2.24, 2.45) is 0 Å². The maximum atomic E-state index is 9.61. The fraction of sp³-hybridized carbons (Fsp3) is 0.0667. The normalized spacial score (nSPS) is 10.7. The average molecular weight is 331 g/mol. The van der Waals surface area contributed by atoms with Gasteiger partial charge in [-0.25, -0.2) is 4.98 Å². The predicted molar refractivity (Wildman–Crippen MR) is 80.2 cm³/mol. The summed E-state index contributed by atoms with van der Waals surface area (Å²) in [6, 6.07) is 8.72. The van der Waals surface area contributed by atoms with Crippen molar-refractivity contribution in [2.75, 3.05) is 0 Å². The van der Waals surface area contributed by atoms with E-state index in [0.717, 1.165) is 15.6 Å². The van der Waals surface area contributed by atoms with Crippen LogP contribution in [0.5, 0.6) is 17.2 Å². The molecular formula is C15H11BrN2O2. The lowest BCUT2D eigenvalue weighted by molar-refractivity contribution is 0.456. The highest BCUT2D eigenvalue weighted by molar-refractivity contribution is 9.10. The summed E-state index contributed by atoms with van der Waals surface area (Å²) >= 11 is 3.37. The molecule has 1 aromatic carbocycles. The van der Waals surface area contributed by atoms with Crippen LogP contribution in [0.25, 0.3) is 11.0 Å². The van der Waals surface area contributed by atoms with Gasteiger partial charge in [0.1, 0.15) is 17.0 Å². The van der Waals surface area contributed by atoms with E-state index < -0.39 is 0 Å². The molecule has 0 aliphatic rings. The number of fused-ring (bicyclic) bond motifs is 1. The number of rotatable bonds is 2. The van der Waals surface area contributed by atoms with Gasteiger partial charge in [-0.2, -0.15) is 0 Å². The van der Waals surface area contributed by atoms with Gasteiger partial charge in [0.05, 0.1) is 5.52 Å². The molecule has 0 atom stereocenters. The van der Waals surface area contributed by atoms with Crippen molar-refractivity contribution in [2.45, 2.75) is 6.92 Å². The number of pyridine rings is 2. The molecule has 1 N–H and O–H groups in total. The van der Waals surface area contributed by atoms with Gasteiger partial charge in [-0.15, -0.1) is 0 Å². The first-order chi connectivity index (χ1) is 9.61. The summed E-state index contributed by atoms with van der Waals surface area (Å²) in [7, 11) is 0. The van der Waals surface area contributed by atoms with Gasteiger partial charge in [0.25, 0.3) is 0 Å². The van der Waals surface area contributed by atoms with E-state index in [4.69, 9.17) is 4.74 Å². The number of phenolic OH excluding ortho intramolecular Hbond substituents is 1. The molecule has 0 fully saturated rings. The van der Waals surface area contributed by atoms with E-state index in [1.165, 1.54) is 0 Å². The molecule has 20 heavy (non-hydrogen) atoms. The second kappa shape index (κ2) is 5.09. The van der Waals surface area contributed by atoms with E-state index in [1.807, 2.05) is 19.1 Å². The minimum Gasteiger partial charge on any atom is -0.508 e. The molecule has 0 unspecified atom stereocenters. The molecule has 0 aliphatic carbocycles. The highest BCUT2D eigenvalue weighted by Crippen LogP contribution is 2.30. The molecule has 4 nitrogen and oxygen atoms in total. The third-order valence-corrected chi connectivity index (χ3v) is 3.20. The molecule has 0 amide bonds. The second-order valence-electron chi connectivity index (χ2n) is 4.44. The summed E-state index contributed by atoms with van der Waals surface area (Å²) in [5, 5.41) is 9.61. The Morgan fingerprint density at radius 3 is 2.80 bits per heavy atom. The standard InChI is InChI=1S/C15H11BrN2O2/c1-9-4-11(19)7-12(5-9)20-14-2-3-17-13-6-10(16)8-18-15(13)14/h2-8,19H,1H3. The number of hydrogen-bond donors (Lipinski definition) is 1. The number of aryl methyl sites for hydroxylation is 1. The molecule has 3 rings (SSSR count). The molecule has 5 heteroatoms. The van der Waals surface area contributed by atoms with E-state index in [1.54, 1.807) is 30.6 Å². The predicted octanol–water partition coefficient (Wildman–Crippen LogP) is 4.20. The maximum Gasteiger partial charge on any atom is 0.156 e. The fourth-order valence-corrected chi connectivity index (χ4v) is 2.30. The Balaban J connectivity index is 2.06. The maximum absolute atomic E-state index is 9.61. The van der Waals surface area contributed by atoms with Crippen molar-refractivity contribution in [3.05, 3.63) is 52.8 Å². The molecule has 0 spiro atoms.